The minimum Gasteiger partial charge on any atom is -0.486 e. The van der Waals surface area contributed by atoms with Crippen molar-refractivity contribution in [2.45, 2.75) is 6.43 Å². The molecule has 1 rings (SSSR count). The van der Waals surface area contributed by atoms with Crippen LogP contribution in [0.15, 0.2) is 18.5 Å². The van der Waals surface area contributed by atoms with Gasteiger partial charge >= 0.3 is 58.4 Å². The molecule has 9 heteroatoms. The van der Waals surface area contributed by atoms with E-state index in [2.05, 4.69) is 9.72 Å². The zero-order valence-electron chi connectivity index (χ0n) is 8.34. The molecule has 0 bridgehead atoms. The third kappa shape index (κ3) is 5.58. The van der Waals surface area contributed by atoms with E-state index in [9.17, 15) is 21.7 Å². The van der Waals surface area contributed by atoms with Gasteiger partial charge in [0.15, 0.2) is 0 Å². The predicted octanol–water partition coefficient (Wildman–Crippen LogP) is -1.22. The molecule has 16 heavy (non-hydrogen) atoms. The van der Waals surface area contributed by atoms with Crippen LogP contribution >= 0.6 is 0 Å². The van der Waals surface area contributed by atoms with Crippen molar-refractivity contribution in [1.82, 2.24) is 4.98 Å². The van der Waals surface area contributed by atoms with Gasteiger partial charge < -0.3 is 17.7 Å². The van der Waals surface area contributed by atoms with Crippen molar-refractivity contribution in [2.24, 2.45) is 0 Å². The smallest absolute Gasteiger partial charge is 0.486 e. The minimum absolute atomic E-state index is 0. The van der Waals surface area contributed by atoms with Gasteiger partial charge in [0, 0.05) is 6.20 Å². The van der Waals surface area contributed by atoms with Crippen LogP contribution < -0.4 is 61.6 Å². The molecule has 0 aliphatic heterocycles. The number of pyridine rings is 1. The molecule has 1 aromatic heterocycles. The maximum atomic E-state index is 12.2. The SMILES string of the molecule is FC(F)COc1cncc([B-](F)(F)F)c1.[K+]. The summed E-state index contributed by atoms with van der Waals surface area (Å²) in [6.07, 6.45) is -1.16. The maximum absolute atomic E-state index is 12.2. The number of halogens is 5. The van der Waals surface area contributed by atoms with Gasteiger partial charge in [0.1, 0.15) is 12.4 Å². The van der Waals surface area contributed by atoms with Crippen LogP contribution in [0.4, 0.5) is 21.7 Å². The summed E-state index contributed by atoms with van der Waals surface area (Å²) in [5, 5.41) is 0. The first-order valence-electron chi connectivity index (χ1n) is 3.95. The van der Waals surface area contributed by atoms with Gasteiger partial charge in [-0.3, -0.25) is 4.98 Å². The molecular formula is C7H6BF5KNO. The Bertz CT molecular complexity index is 335. The quantitative estimate of drug-likeness (QED) is 0.503. The molecule has 0 atom stereocenters. The Kier molecular flexibility index (Phi) is 7.03. The molecule has 0 amide bonds. The molecule has 0 saturated heterocycles. The van der Waals surface area contributed by atoms with Gasteiger partial charge in [0.25, 0.3) is 6.43 Å². The molecule has 0 N–H and O–H groups in total. The van der Waals surface area contributed by atoms with Crippen LogP contribution in [0.5, 0.6) is 5.75 Å². The molecule has 0 aliphatic rings. The molecule has 0 radical (unpaired) electrons. The van der Waals surface area contributed by atoms with Crippen molar-refractivity contribution in [3.63, 3.8) is 0 Å². The standard InChI is InChI=1S/C7H6BF5NO.K/c9-7(10)4-15-6-1-5(2-14-3-6)8(11,12)13;/h1-3,7H,4H2;/q-1;+1. The average Bonchev–Trinajstić information content (AvgIpc) is 2.14. The van der Waals surface area contributed by atoms with Crippen molar-refractivity contribution < 1.29 is 77.8 Å². The molecule has 0 aliphatic carbocycles. The molecule has 0 spiro atoms. The van der Waals surface area contributed by atoms with Gasteiger partial charge in [-0.05, 0) is 6.07 Å². The summed E-state index contributed by atoms with van der Waals surface area (Å²) in [6.45, 7) is -6.13. The largest absolute Gasteiger partial charge is 1.00 e. The van der Waals surface area contributed by atoms with E-state index < -0.39 is 25.5 Å². The Morgan fingerprint density at radius 2 is 1.88 bits per heavy atom. The molecular weight excluding hydrogens is 259 g/mol. The fourth-order valence-corrected chi connectivity index (χ4v) is 0.853. The molecule has 0 aromatic carbocycles. The third-order valence-corrected chi connectivity index (χ3v) is 1.49. The second-order valence-corrected chi connectivity index (χ2v) is 2.73. The summed E-state index contributed by atoms with van der Waals surface area (Å²) in [7, 11) is 0. The van der Waals surface area contributed by atoms with Crippen molar-refractivity contribution in [1.29, 1.82) is 0 Å². The van der Waals surface area contributed by atoms with Crippen molar-refractivity contribution in [3.05, 3.63) is 18.5 Å². The van der Waals surface area contributed by atoms with Crippen LogP contribution in [0.2, 0.25) is 0 Å². The normalized spacial score (nSPS) is 11.1. The molecule has 1 aromatic rings. The fraction of sp³-hybridized carbons (Fsp3) is 0.286. The van der Waals surface area contributed by atoms with E-state index in [1.807, 2.05) is 0 Å². The van der Waals surface area contributed by atoms with Gasteiger partial charge in [-0.2, -0.15) is 0 Å². The van der Waals surface area contributed by atoms with Crippen molar-refractivity contribution in [3.8, 4) is 5.75 Å². The number of rotatable bonds is 4. The summed E-state index contributed by atoms with van der Waals surface area (Å²) < 4.78 is 64.3. The summed E-state index contributed by atoms with van der Waals surface area (Å²) in [6, 6.07) is 0.648. The Morgan fingerprint density at radius 1 is 1.25 bits per heavy atom. The topological polar surface area (TPSA) is 22.1 Å². The summed E-state index contributed by atoms with van der Waals surface area (Å²) >= 11 is 0. The van der Waals surface area contributed by atoms with E-state index in [0.29, 0.717) is 12.3 Å². The molecule has 0 unspecified atom stereocenters. The van der Waals surface area contributed by atoms with E-state index >= 15 is 0 Å². The van der Waals surface area contributed by atoms with Crippen molar-refractivity contribution in [2.75, 3.05) is 6.61 Å². The summed E-state index contributed by atoms with van der Waals surface area (Å²) in [4.78, 5) is 3.25. The molecule has 2 nitrogen and oxygen atoms in total. The van der Waals surface area contributed by atoms with Gasteiger partial charge in [-0.15, -0.1) is 0 Å². The number of hydrogen-bond donors (Lipinski definition) is 0. The summed E-state index contributed by atoms with van der Waals surface area (Å²) in [5.74, 6) is -0.313. The monoisotopic (exact) mass is 265 g/mol. The summed E-state index contributed by atoms with van der Waals surface area (Å²) in [5.41, 5.74) is -0.971. The van der Waals surface area contributed by atoms with E-state index in [1.165, 1.54) is 0 Å². The van der Waals surface area contributed by atoms with Crippen LogP contribution in [0.25, 0.3) is 0 Å². The maximum Gasteiger partial charge on any atom is 1.00 e. The second kappa shape index (κ2) is 6.90. The first kappa shape index (κ1) is 16.3. The van der Waals surface area contributed by atoms with Gasteiger partial charge in [0.05, 0.1) is 6.20 Å². The molecule has 0 fully saturated rings. The first-order chi connectivity index (χ1) is 6.89. The average molecular weight is 265 g/mol. The number of nitrogens with zero attached hydrogens (tertiary/aromatic N) is 1. The first-order valence-corrected chi connectivity index (χ1v) is 3.95. The van der Waals surface area contributed by atoms with Crippen molar-refractivity contribution >= 4 is 12.4 Å². The van der Waals surface area contributed by atoms with Crippen LogP contribution in [-0.4, -0.2) is 25.0 Å². The van der Waals surface area contributed by atoms with Crippen LogP contribution in [0, 0.1) is 0 Å². The second-order valence-electron chi connectivity index (χ2n) is 2.73. The van der Waals surface area contributed by atoms with E-state index in [1.54, 1.807) is 0 Å². The Morgan fingerprint density at radius 3 is 2.38 bits per heavy atom. The number of ether oxygens (including phenoxy) is 1. The third-order valence-electron chi connectivity index (χ3n) is 1.49. The fourth-order valence-electron chi connectivity index (χ4n) is 0.853. The van der Waals surface area contributed by atoms with Crippen LogP contribution in [-0.2, 0) is 0 Å². The van der Waals surface area contributed by atoms with E-state index in [-0.39, 0.29) is 57.1 Å². The van der Waals surface area contributed by atoms with E-state index in [4.69, 9.17) is 0 Å². The van der Waals surface area contributed by atoms with E-state index in [0.717, 1.165) is 6.20 Å². The van der Waals surface area contributed by atoms with Gasteiger partial charge in [-0.1, -0.05) is 5.46 Å². The number of hydrogen-bond acceptors (Lipinski definition) is 2. The zero-order chi connectivity index (χ0) is 11.5. The predicted molar refractivity (Wildman–Crippen MR) is 44.4 cm³/mol. The molecule has 84 valence electrons. The Hall–Kier alpha value is 0.301. The number of aromatic nitrogens is 1. The van der Waals surface area contributed by atoms with Gasteiger partial charge in [0.2, 0.25) is 0 Å². The minimum atomic E-state index is -5.18. The zero-order valence-corrected chi connectivity index (χ0v) is 11.5. The van der Waals surface area contributed by atoms with Crippen LogP contribution in [0.1, 0.15) is 0 Å². The Labute approximate surface area is 131 Å². The van der Waals surface area contributed by atoms with Crippen LogP contribution in [0.3, 0.4) is 0 Å². The Balaban J connectivity index is 0.00000225. The molecule has 1 heterocycles. The molecule has 0 saturated carbocycles. The number of alkyl halides is 2. The van der Waals surface area contributed by atoms with Gasteiger partial charge in [-0.25, -0.2) is 8.78 Å².